The number of aliphatic hydroxyl groups excluding tert-OH is 1. The lowest BCUT2D eigenvalue weighted by Gasteiger charge is -2.21. The molecule has 0 unspecified atom stereocenters. The second-order valence-electron chi connectivity index (χ2n) is 6.74. The van der Waals surface area contributed by atoms with Crippen LogP contribution in [0.1, 0.15) is 0 Å². The van der Waals surface area contributed by atoms with Crippen molar-refractivity contribution in [3.05, 3.63) is 48.5 Å². The molecule has 1 saturated heterocycles. The Morgan fingerprint density at radius 1 is 1.11 bits per heavy atom. The molecule has 0 spiro atoms. The van der Waals surface area contributed by atoms with Gasteiger partial charge in [-0.2, -0.15) is 0 Å². The van der Waals surface area contributed by atoms with Crippen molar-refractivity contribution < 1.29 is 19.4 Å². The van der Waals surface area contributed by atoms with Crippen LogP contribution >= 0.6 is 0 Å². The third-order valence-corrected chi connectivity index (χ3v) is 4.59. The van der Waals surface area contributed by atoms with Crippen LogP contribution in [0, 0.1) is 0 Å². The Kier molecular flexibility index (Phi) is 5.83. The summed E-state index contributed by atoms with van der Waals surface area (Å²) >= 11 is 0. The summed E-state index contributed by atoms with van der Waals surface area (Å²) in [5, 5.41) is 12.9. The van der Waals surface area contributed by atoms with Crippen LogP contribution in [0.5, 0.6) is 17.2 Å². The molecule has 1 aliphatic rings. The summed E-state index contributed by atoms with van der Waals surface area (Å²) in [5.74, 6) is 2.05. The molecule has 7 heteroatoms. The van der Waals surface area contributed by atoms with Gasteiger partial charge < -0.3 is 29.7 Å². The number of hydrogen-bond donors (Lipinski definition) is 2. The highest BCUT2D eigenvalue weighted by molar-refractivity contribution is 5.89. The Balaban J connectivity index is 1.58. The van der Waals surface area contributed by atoms with E-state index in [2.05, 4.69) is 5.32 Å². The topological polar surface area (TPSA) is 74.3 Å². The number of aliphatic hydroxyl groups is 1. The highest BCUT2D eigenvalue weighted by atomic mass is 16.5. The SMILES string of the molecule is COc1cccc(Oc2ccc(NC(=O)N3C[C@@H](O)[C@H](N(C)C)C3)cc2)c1. The van der Waals surface area contributed by atoms with Crippen LogP contribution in [0.25, 0.3) is 0 Å². The second-order valence-corrected chi connectivity index (χ2v) is 6.74. The Labute approximate surface area is 159 Å². The second kappa shape index (κ2) is 8.28. The highest BCUT2D eigenvalue weighted by Crippen LogP contribution is 2.26. The number of anilines is 1. The van der Waals surface area contributed by atoms with Crippen molar-refractivity contribution in [1.29, 1.82) is 0 Å². The average molecular weight is 371 g/mol. The number of amides is 2. The largest absolute Gasteiger partial charge is 0.497 e. The molecule has 7 nitrogen and oxygen atoms in total. The Morgan fingerprint density at radius 3 is 2.44 bits per heavy atom. The quantitative estimate of drug-likeness (QED) is 0.845. The van der Waals surface area contributed by atoms with Crippen LogP contribution in [0.15, 0.2) is 48.5 Å². The van der Waals surface area contributed by atoms with E-state index in [1.54, 1.807) is 42.3 Å². The van der Waals surface area contributed by atoms with E-state index in [1.165, 1.54) is 0 Å². The van der Waals surface area contributed by atoms with Crippen molar-refractivity contribution in [1.82, 2.24) is 9.80 Å². The maximum atomic E-state index is 12.4. The molecule has 0 radical (unpaired) electrons. The van der Waals surface area contributed by atoms with Crippen LogP contribution in [0.4, 0.5) is 10.5 Å². The Morgan fingerprint density at radius 2 is 1.81 bits per heavy atom. The third-order valence-electron chi connectivity index (χ3n) is 4.59. The molecule has 144 valence electrons. The third kappa shape index (κ3) is 4.69. The average Bonchev–Trinajstić information content (AvgIpc) is 3.06. The van der Waals surface area contributed by atoms with Crippen molar-refractivity contribution in [3.63, 3.8) is 0 Å². The predicted octanol–water partition coefficient (Wildman–Crippen LogP) is 2.63. The van der Waals surface area contributed by atoms with Gasteiger partial charge in [0.1, 0.15) is 17.2 Å². The van der Waals surface area contributed by atoms with E-state index in [4.69, 9.17) is 9.47 Å². The monoisotopic (exact) mass is 371 g/mol. The van der Waals surface area contributed by atoms with Gasteiger partial charge in [0.15, 0.2) is 0 Å². The molecule has 0 aliphatic carbocycles. The molecule has 0 aromatic heterocycles. The lowest BCUT2D eigenvalue weighted by molar-refractivity contribution is 0.113. The maximum Gasteiger partial charge on any atom is 0.321 e. The number of nitrogens with zero attached hydrogens (tertiary/aromatic N) is 2. The van der Waals surface area contributed by atoms with Gasteiger partial charge >= 0.3 is 6.03 Å². The molecule has 3 rings (SSSR count). The minimum Gasteiger partial charge on any atom is -0.497 e. The number of likely N-dealkylation sites (N-methyl/N-ethyl adjacent to an activating group) is 1. The summed E-state index contributed by atoms with van der Waals surface area (Å²) in [5.41, 5.74) is 0.667. The summed E-state index contributed by atoms with van der Waals surface area (Å²) in [6.07, 6.45) is -0.538. The molecule has 1 aliphatic heterocycles. The molecule has 2 N–H and O–H groups in total. The van der Waals surface area contributed by atoms with E-state index in [-0.39, 0.29) is 12.1 Å². The first-order valence-electron chi connectivity index (χ1n) is 8.78. The van der Waals surface area contributed by atoms with Gasteiger partial charge in [0.25, 0.3) is 0 Å². The van der Waals surface area contributed by atoms with Crippen LogP contribution in [-0.2, 0) is 0 Å². The molecule has 0 bridgehead atoms. The minimum atomic E-state index is -0.538. The smallest absolute Gasteiger partial charge is 0.321 e. The number of hydrogen-bond acceptors (Lipinski definition) is 5. The lowest BCUT2D eigenvalue weighted by Crippen LogP contribution is -2.38. The molecular weight excluding hydrogens is 346 g/mol. The van der Waals surface area contributed by atoms with Gasteiger partial charge in [0.2, 0.25) is 0 Å². The number of nitrogens with one attached hydrogen (secondary N) is 1. The van der Waals surface area contributed by atoms with Crippen molar-refractivity contribution in [2.24, 2.45) is 0 Å². The van der Waals surface area contributed by atoms with Gasteiger partial charge in [0.05, 0.1) is 25.8 Å². The Bertz CT molecular complexity index is 779. The summed E-state index contributed by atoms with van der Waals surface area (Å²) < 4.78 is 11.0. The number of ether oxygens (including phenoxy) is 2. The molecule has 2 atom stereocenters. The zero-order chi connectivity index (χ0) is 19.4. The van der Waals surface area contributed by atoms with E-state index in [1.807, 2.05) is 37.2 Å². The molecule has 27 heavy (non-hydrogen) atoms. The fourth-order valence-electron chi connectivity index (χ4n) is 3.05. The minimum absolute atomic E-state index is 0.0469. The number of likely N-dealkylation sites (tertiary alicyclic amines) is 1. The van der Waals surface area contributed by atoms with Crippen LogP contribution in [0.3, 0.4) is 0 Å². The Hall–Kier alpha value is -2.77. The molecule has 0 saturated carbocycles. The summed E-state index contributed by atoms with van der Waals surface area (Å²) in [6.45, 7) is 0.822. The van der Waals surface area contributed by atoms with Gasteiger partial charge in [-0.15, -0.1) is 0 Å². The number of carbonyl (C=O) groups is 1. The number of rotatable bonds is 5. The van der Waals surface area contributed by atoms with E-state index >= 15 is 0 Å². The predicted molar refractivity (Wildman–Crippen MR) is 104 cm³/mol. The van der Waals surface area contributed by atoms with Crippen molar-refractivity contribution >= 4 is 11.7 Å². The standard InChI is InChI=1S/C20H25N3O4/c1-22(2)18-12-23(13-19(18)24)20(25)21-14-7-9-15(10-8-14)27-17-6-4-5-16(11-17)26-3/h4-11,18-19,24H,12-13H2,1-3H3,(H,21,25)/t18-,19-/m1/s1. The maximum absolute atomic E-state index is 12.4. The number of carbonyl (C=O) groups excluding carboxylic acids is 1. The zero-order valence-electron chi connectivity index (χ0n) is 15.8. The van der Waals surface area contributed by atoms with E-state index in [0.29, 0.717) is 30.3 Å². The summed E-state index contributed by atoms with van der Waals surface area (Å²) in [4.78, 5) is 16.0. The van der Waals surface area contributed by atoms with Gasteiger partial charge in [0, 0.05) is 18.3 Å². The number of urea groups is 1. The van der Waals surface area contributed by atoms with Gasteiger partial charge in [-0.25, -0.2) is 4.79 Å². The first-order chi connectivity index (χ1) is 13.0. The fourth-order valence-corrected chi connectivity index (χ4v) is 3.05. The van der Waals surface area contributed by atoms with Crippen molar-refractivity contribution in [3.8, 4) is 17.2 Å². The summed E-state index contributed by atoms with van der Waals surface area (Å²) in [7, 11) is 5.41. The number of β-amino-alcohol motifs (C(OH)–C–C–N with tert-alkyl or cyclic N) is 1. The zero-order valence-corrected chi connectivity index (χ0v) is 15.8. The van der Waals surface area contributed by atoms with Crippen LogP contribution in [-0.4, -0.2) is 67.4 Å². The summed E-state index contributed by atoms with van der Waals surface area (Å²) in [6, 6.07) is 14.2. The molecule has 2 aromatic carbocycles. The lowest BCUT2D eigenvalue weighted by atomic mass is 10.2. The molecule has 2 aromatic rings. The first kappa shape index (κ1) is 19.0. The molecule has 1 fully saturated rings. The van der Waals surface area contributed by atoms with Crippen LogP contribution < -0.4 is 14.8 Å². The highest BCUT2D eigenvalue weighted by Gasteiger charge is 2.35. The first-order valence-corrected chi connectivity index (χ1v) is 8.78. The number of benzene rings is 2. The fraction of sp³-hybridized carbons (Fsp3) is 0.350. The van der Waals surface area contributed by atoms with E-state index in [0.717, 1.165) is 5.75 Å². The molecule has 2 amide bonds. The molecular formula is C20H25N3O4. The van der Waals surface area contributed by atoms with Gasteiger partial charge in [-0.3, -0.25) is 0 Å². The van der Waals surface area contributed by atoms with Crippen molar-refractivity contribution in [2.45, 2.75) is 12.1 Å². The van der Waals surface area contributed by atoms with Gasteiger partial charge in [-0.05, 0) is 50.5 Å². The van der Waals surface area contributed by atoms with Crippen molar-refractivity contribution in [2.75, 3.05) is 39.6 Å². The van der Waals surface area contributed by atoms with Gasteiger partial charge in [-0.1, -0.05) is 6.07 Å². The van der Waals surface area contributed by atoms with E-state index in [9.17, 15) is 9.90 Å². The van der Waals surface area contributed by atoms with Crippen LogP contribution in [0.2, 0.25) is 0 Å². The number of methoxy groups -OCH3 is 1. The van der Waals surface area contributed by atoms with E-state index < -0.39 is 6.10 Å². The molecule has 1 heterocycles. The normalized spacial score (nSPS) is 19.2.